The third-order valence-electron chi connectivity index (χ3n) is 1.38. The highest BCUT2D eigenvalue weighted by molar-refractivity contribution is 5.14. The number of aryl methyl sites for hydroxylation is 1. The van der Waals surface area contributed by atoms with Crippen molar-refractivity contribution in [3.05, 3.63) is 48.6 Å². The van der Waals surface area contributed by atoms with Gasteiger partial charge in [0, 0.05) is 0 Å². The molecule has 0 nitrogen and oxygen atoms in total. The standard InChI is InChI=1S/C9H12.C3H6.CH4/c1-2-6-9-7-4-3-5-8-9;1-3-2;/h3-5,7-8H,2,6H2,1H3;3H,1H2,2H3;1H4. The van der Waals surface area contributed by atoms with Crippen LogP contribution in [0, 0.1) is 0 Å². The molecule has 0 spiro atoms. The summed E-state index contributed by atoms with van der Waals surface area (Å²) in [5.41, 5.74) is 1.44. The molecule has 0 atom stereocenters. The Kier molecular flexibility index (Phi) is 12.2. The summed E-state index contributed by atoms with van der Waals surface area (Å²) < 4.78 is 0. The molecule has 13 heavy (non-hydrogen) atoms. The maximum absolute atomic E-state index is 3.36. The SMILES string of the molecule is C.C=CC.CCCc1ccccc1. The van der Waals surface area contributed by atoms with Gasteiger partial charge in [-0.05, 0) is 18.9 Å². The molecule has 1 aromatic carbocycles. The van der Waals surface area contributed by atoms with Crippen LogP contribution < -0.4 is 0 Å². The van der Waals surface area contributed by atoms with E-state index in [9.17, 15) is 0 Å². The molecule has 0 aromatic heterocycles. The van der Waals surface area contributed by atoms with Crippen LogP contribution in [0.2, 0.25) is 0 Å². The minimum absolute atomic E-state index is 0. The molecule has 0 amide bonds. The van der Waals surface area contributed by atoms with E-state index < -0.39 is 0 Å². The number of rotatable bonds is 2. The summed E-state index contributed by atoms with van der Waals surface area (Å²) in [6, 6.07) is 10.6. The van der Waals surface area contributed by atoms with Crippen molar-refractivity contribution in [2.24, 2.45) is 0 Å². The normalized spacial score (nSPS) is 7.54. The van der Waals surface area contributed by atoms with Crippen LogP contribution in [0.25, 0.3) is 0 Å². The van der Waals surface area contributed by atoms with Crippen LogP contribution in [-0.2, 0) is 6.42 Å². The minimum atomic E-state index is 0. The Morgan fingerprint density at radius 2 is 1.69 bits per heavy atom. The zero-order valence-corrected chi connectivity index (χ0v) is 8.09. The van der Waals surface area contributed by atoms with Crippen molar-refractivity contribution in [1.29, 1.82) is 0 Å². The molecule has 0 unspecified atom stereocenters. The Balaban J connectivity index is 0. The summed E-state index contributed by atoms with van der Waals surface area (Å²) in [5, 5.41) is 0. The zero-order chi connectivity index (χ0) is 9.23. The van der Waals surface area contributed by atoms with E-state index in [-0.39, 0.29) is 7.43 Å². The van der Waals surface area contributed by atoms with Crippen LogP contribution in [0.3, 0.4) is 0 Å². The summed E-state index contributed by atoms with van der Waals surface area (Å²) in [5.74, 6) is 0. The van der Waals surface area contributed by atoms with Crippen molar-refractivity contribution in [1.82, 2.24) is 0 Å². The van der Waals surface area contributed by atoms with E-state index >= 15 is 0 Å². The van der Waals surface area contributed by atoms with Crippen LogP contribution in [0.4, 0.5) is 0 Å². The predicted molar refractivity (Wildman–Crippen MR) is 63.0 cm³/mol. The molecule has 0 heterocycles. The van der Waals surface area contributed by atoms with Gasteiger partial charge in [0.05, 0.1) is 0 Å². The molecule has 0 saturated heterocycles. The second kappa shape index (κ2) is 11.0. The van der Waals surface area contributed by atoms with Gasteiger partial charge in [0.1, 0.15) is 0 Å². The first-order valence-corrected chi connectivity index (χ1v) is 4.46. The van der Waals surface area contributed by atoms with Crippen LogP contribution in [0.1, 0.15) is 33.3 Å². The van der Waals surface area contributed by atoms with E-state index in [2.05, 4.69) is 43.8 Å². The lowest BCUT2D eigenvalue weighted by Gasteiger charge is -1.93. The van der Waals surface area contributed by atoms with Crippen molar-refractivity contribution in [2.45, 2.75) is 34.1 Å². The van der Waals surface area contributed by atoms with Gasteiger partial charge in [-0.15, -0.1) is 6.58 Å². The molecule has 0 heteroatoms. The van der Waals surface area contributed by atoms with Crippen molar-refractivity contribution >= 4 is 0 Å². The fourth-order valence-electron chi connectivity index (χ4n) is 0.933. The maximum Gasteiger partial charge on any atom is -0.0281 e. The van der Waals surface area contributed by atoms with Crippen molar-refractivity contribution in [3.63, 3.8) is 0 Å². The molecule has 1 rings (SSSR count). The molecule has 0 aliphatic rings. The first kappa shape index (κ1) is 14.5. The third kappa shape index (κ3) is 8.87. The summed E-state index contributed by atoms with van der Waals surface area (Å²) in [6.45, 7) is 7.45. The highest BCUT2D eigenvalue weighted by Crippen LogP contribution is 2.00. The van der Waals surface area contributed by atoms with Crippen molar-refractivity contribution < 1.29 is 0 Å². The summed E-state index contributed by atoms with van der Waals surface area (Å²) in [4.78, 5) is 0. The Morgan fingerprint density at radius 3 is 2.08 bits per heavy atom. The second-order valence-electron chi connectivity index (χ2n) is 2.64. The van der Waals surface area contributed by atoms with E-state index in [4.69, 9.17) is 0 Å². The molecule has 0 aliphatic carbocycles. The minimum Gasteiger partial charge on any atom is -0.103 e. The zero-order valence-electron chi connectivity index (χ0n) is 8.09. The maximum atomic E-state index is 3.36. The Hall–Kier alpha value is -1.04. The lowest BCUT2D eigenvalue weighted by molar-refractivity contribution is 0.922. The van der Waals surface area contributed by atoms with Gasteiger partial charge < -0.3 is 0 Å². The molecule has 0 fully saturated rings. The van der Waals surface area contributed by atoms with Gasteiger partial charge >= 0.3 is 0 Å². The van der Waals surface area contributed by atoms with Gasteiger partial charge in [0.2, 0.25) is 0 Å². The van der Waals surface area contributed by atoms with Gasteiger partial charge in [-0.1, -0.05) is 57.2 Å². The van der Waals surface area contributed by atoms with Crippen LogP contribution in [-0.4, -0.2) is 0 Å². The smallest absolute Gasteiger partial charge is 0.0281 e. The van der Waals surface area contributed by atoms with E-state index in [1.54, 1.807) is 6.08 Å². The Bertz CT molecular complexity index is 186. The molecular formula is C13H22. The Morgan fingerprint density at radius 1 is 1.23 bits per heavy atom. The quantitative estimate of drug-likeness (QED) is 0.586. The summed E-state index contributed by atoms with van der Waals surface area (Å²) in [6.07, 6.45) is 4.20. The molecular weight excluding hydrogens is 156 g/mol. The van der Waals surface area contributed by atoms with E-state index in [0.29, 0.717) is 0 Å². The predicted octanol–water partition coefficient (Wildman–Crippen LogP) is 4.47. The molecule has 1 aromatic rings. The average Bonchev–Trinajstić information content (AvgIpc) is 2.08. The number of hydrogen-bond donors (Lipinski definition) is 0. The first-order chi connectivity index (χ1) is 5.85. The average molecular weight is 178 g/mol. The fourth-order valence-corrected chi connectivity index (χ4v) is 0.933. The van der Waals surface area contributed by atoms with Gasteiger partial charge in [-0.3, -0.25) is 0 Å². The molecule has 74 valence electrons. The fraction of sp³-hybridized carbons (Fsp3) is 0.385. The summed E-state index contributed by atoms with van der Waals surface area (Å²) >= 11 is 0. The van der Waals surface area contributed by atoms with Crippen LogP contribution in [0.5, 0.6) is 0 Å². The van der Waals surface area contributed by atoms with Gasteiger partial charge in [-0.2, -0.15) is 0 Å². The molecule has 0 saturated carbocycles. The number of allylic oxidation sites excluding steroid dienone is 1. The van der Waals surface area contributed by atoms with E-state index in [1.807, 2.05) is 6.92 Å². The van der Waals surface area contributed by atoms with Crippen molar-refractivity contribution in [3.8, 4) is 0 Å². The van der Waals surface area contributed by atoms with Gasteiger partial charge in [0.15, 0.2) is 0 Å². The highest BCUT2D eigenvalue weighted by atomic mass is 13.9. The molecule has 0 bridgehead atoms. The second-order valence-corrected chi connectivity index (χ2v) is 2.64. The van der Waals surface area contributed by atoms with Crippen molar-refractivity contribution in [2.75, 3.05) is 0 Å². The molecule has 0 N–H and O–H groups in total. The van der Waals surface area contributed by atoms with Gasteiger partial charge in [0.25, 0.3) is 0 Å². The Labute approximate surface area is 83.3 Å². The van der Waals surface area contributed by atoms with E-state index in [1.165, 1.54) is 18.4 Å². The van der Waals surface area contributed by atoms with Crippen LogP contribution >= 0.6 is 0 Å². The van der Waals surface area contributed by atoms with Gasteiger partial charge in [-0.25, -0.2) is 0 Å². The van der Waals surface area contributed by atoms with Crippen LogP contribution in [0.15, 0.2) is 43.0 Å². The summed E-state index contributed by atoms with van der Waals surface area (Å²) in [7, 11) is 0. The lowest BCUT2D eigenvalue weighted by Crippen LogP contribution is -1.78. The highest BCUT2D eigenvalue weighted by Gasteiger charge is 1.84. The first-order valence-electron chi connectivity index (χ1n) is 4.46. The molecule has 0 radical (unpaired) electrons. The number of benzene rings is 1. The number of hydrogen-bond acceptors (Lipinski definition) is 0. The van der Waals surface area contributed by atoms with E-state index in [0.717, 1.165) is 0 Å². The lowest BCUT2D eigenvalue weighted by atomic mass is 10.1. The largest absolute Gasteiger partial charge is 0.103 e. The topological polar surface area (TPSA) is 0 Å². The molecule has 0 aliphatic heterocycles. The monoisotopic (exact) mass is 178 g/mol. The third-order valence-corrected chi connectivity index (χ3v) is 1.38.